The van der Waals surface area contributed by atoms with Gasteiger partial charge in [-0.2, -0.15) is 0 Å². The van der Waals surface area contributed by atoms with Crippen LogP contribution < -0.4 is 4.72 Å². The Hall–Kier alpha value is -2.21. The molecule has 0 aliphatic rings. The molecule has 0 atom stereocenters. The lowest BCUT2D eigenvalue weighted by Crippen LogP contribution is -2.31. The van der Waals surface area contributed by atoms with Crippen molar-refractivity contribution in [3.05, 3.63) is 59.9 Å². The summed E-state index contributed by atoms with van der Waals surface area (Å²) in [7, 11) is -3.88. The highest BCUT2D eigenvalue weighted by molar-refractivity contribution is 7.90. The van der Waals surface area contributed by atoms with Gasteiger partial charge < -0.3 is 0 Å². The maximum absolute atomic E-state index is 12.1. The molecular formula is C15H18N2O3S. The van der Waals surface area contributed by atoms with Crippen LogP contribution in [0.3, 0.4) is 0 Å². The number of pyridine rings is 1. The molecule has 0 radical (unpaired) electrons. The van der Waals surface area contributed by atoms with Crippen LogP contribution in [0.4, 0.5) is 0 Å². The Morgan fingerprint density at radius 2 is 1.67 bits per heavy atom. The number of hydrogen-bond acceptors (Lipinski definition) is 4. The first-order valence-corrected chi connectivity index (χ1v) is 8.03. The van der Waals surface area contributed by atoms with Gasteiger partial charge >= 0.3 is 0 Å². The third-order valence-corrected chi connectivity index (χ3v) is 4.00. The van der Waals surface area contributed by atoms with Gasteiger partial charge in [0, 0.05) is 6.20 Å². The first kappa shape index (κ1) is 16.8. The number of carbonyl (C=O) groups is 1. The predicted octanol–water partition coefficient (Wildman–Crippen LogP) is 2.53. The van der Waals surface area contributed by atoms with E-state index in [2.05, 4.69) is 4.98 Å². The number of rotatable bonds is 3. The lowest BCUT2D eigenvalue weighted by Gasteiger charge is -2.08. The van der Waals surface area contributed by atoms with E-state index >= 15 is 0 Å². The van der Waals surface area contributed by atoms with E-state index < -0.39 is 15.9 Å². The number of aromatic nitrogens is 1. The number of carbonyl (C=O) groups excluding carboxylic acids is 1. The maximum Gasteiger partial charge on any atom is 0.283 e. The topological polar surface area (TPSA) is 76.1 Å². The second kappa shape index (κ2) is 7.54. The van der Waals surface area contributed by atoms with E-state index in [0.717, 1.165) is 0 Å². The van der Waals surface area contributed by atoms with E-state index in [1.54, 1.807) is 37.3 Å². The summed E-state index contributed by atoms with van der Waals surface area (Å²) in [5, 5.41) is 0. The summed E-state index contributed by atoms with van der Waals surface area (Å²) in [5.41, 5.74) is 0.628. The molecule has 1 aromatic heterocycles. The largest absolute Gasteiger partial charge is 0.283 e. The highest BCUT2D eigenvalue weighted by Gasteiger charge is 2.20. The summed E-state index contributed by atoms with van der Waals surface area (Å²) in [6, 6.07) is 11.2. The maximum atomic E-state index is 12.1. The van der Waals surface area contributed by atoms with Gasteiger partial charge in [-0.05, 0) is 30.7 Å². The average Bonchev–Trinajstić information content (AvgIpc) is 2.50. The number of nitrogens with one attached hydrogen (secondary N) is 1. The summed E-state index contributed by atoms with van der Waals surface area (Å²) >= 11 is 0. The standard InChI is InChI=1S/C13H12N2O3S.C2H6/c1-10-6-2-3-8-12(10)19(17,18)15-13(16)11-7-4-5-9-14-11;1-2/h2-9H,1H3,(H,15,16);1-2H3. The molecule has 0 bridgehead atoms. The van der Waals surface area contributed by atoms with Crippen LogP contribution >= 0.6 is 0 Å². The number of sulfonamides is 1. The fourth-order valence-electron chi connectivity index (χ4n) is 1.58. The second-order valence-electron chi connectivity index (χ2n) is 3.92. The molecule has 0 saturated heterocycles. The molecule has 1 amide bonds. The fourth-order valence-corrected chi connectivity index (χ4v) is 2.79. The quantitative estimate of drug-likeness (QED) is 0.945. The zero-order valence-electron chi connectivity index (χ0n) is 12.2. The minimum atomic E-state index is -3.88. The van der Waals surface area contributed by atoms with E-state index in [1.165, 1.54) is 18.3 Å². The Labute approximate surface area is 125 Å². The zero-order valence-corrected chi connectivity index (χ0v) is 13.0. The van der Waals surface area contributed by atoms with Gasteiger partial charge in [0.1, 0.15) is 5.69 Å². The molecule has 0 aliphatic carbocycles. The summed E-state index contributed by atoms with van der Waals surface area (Å²) in [6.45, 7) is 5.67. The van der Waals surface area contributed by atoms with E-state index in [-0.39, 0.29) is 10.6 Å². The minimum absolute atomic E-state index is 0.0552. The summed E-state index contributed by atoms with van der Waals surface area (Å²) in [6.07, 6.45) is 1.43. The van der Waals surface area contributed by atoms with E-state index in [4.69, 9.17) is 0 Å². The number of hydrogen-bond donors (Lipinski definition) is 1. The van der Waals surface area contributed by atoms with Crippen molar-refractivity contribution in [3.8, 4) is 0 Å². The van der Waals surface area contributed by atoms with Crippen LogP contribution in [0.15, 0.2) is 53.6 Å². The van der Waals surface area contributed by atoms with Crippen LogP contribution in [-0.4, -0.2) is 19.3 Å². The lowest BCUT2D eigenvalue weighted by atomic mass is 10.2. The van der Waals surface area contributed by atoms with Crippen LogP contribution in [-0.2, 0) is 10.0 Å². The van der Waals surface area contributed by atoms with Crippen molar-refractivity contribution in [2.24, 2.45) is 0 Å². The van der Waals surface area contributed by atoms with E-state index in [9.17, 15) is 13.2 Å². The molecule has 0 unspecified atom stereocenters. The molecule has 1 heterocycles. The molecule has 5 nitrogen and oxygen atoms in total. The van der Waals surface area contributed by atoms with Crippen molar-refractivity contribution >= 4 is 15.9 Å². The SMILES string of the molecule is CC.Cc1ccccc1S(=O)(=O)NC(=O)c1ccccn1. The Morgan fingerprint density at radius 1 is 1.05 bits per heavy atom. The smallest absolute Gasteiger partial charge is 0.266 e. The van der Waals surface area contributed by atoms with Crippen molar-refractivity contribution in [2.75, 3.05) is 0 Å². The second-order valence-corrected chi connectivity index (χ2v) is 5.57. The van der Waals surface area contributed by atoms with Crippen molar-refractivity contribution in [3.63, 3.8) is 0 Å². The first-order chi connectivity index (χ1) is 10.0. The Kier molecular flexibility index (Phi) is 6.05. The van der Waals surface area contributed by atoms with Gasteiger partial charge in [-0.3, -0.25) is 9.78 Å². The molecule has 0 aliphatic heterocycles. The summed E-state index contributed by atoms with van der Waals surface area (Å²) < 4.78 is 26.2. The third-order valence-electron chi connectivity index (χ3n) is 2.51. The molecule has 1 aromatic carbocycles. The van der Waals surface area contributed by atoms with Crippen molar-refractivity contribution in [2.45, 2.75) is 25.7 Å². The van der Waals surface area contributed by atoms with Crippen LogP contribution in [0.5, 0.6) is 0 Å². The van der Waals surface area contributed by atoms with Gasteiger partial charge in [0.25, 0.3) is 15.9 Å². The number of nitrogens with zero attached hydrogens (tertiary/aromatic N) is 1. The van der Waals surface area contributed by atoms with Crippen LogP contribution in [0, 0.1) is 6.92 Å². The molecule has 0 saturated carbocycles. The van der Waals surface area contributed by atoms with Crippen LogP contribution in [0.2, 0.25) is 0 Å². The van der Waals surface area contributed by atoms with Gasteiger partial charge in [0.05, 0.1) is 4.90 Å². The molecule has 0 spiro atoms. The average molecular weight is 306 g/mol. The summed E-state index contributed by atoms with van der Waals surface area (Å²) in [4.78, 5) is 15.7. The number of amides is 1. The molecule has 1 N–H and O–H groups in total. The number of aryl methyl sites for hydroxylation is 1. The molecular weight excluding hydrogens is 288 g/mol. The fraction of sp³-hybridized carbons (Fsp3) is 0.200. The van der Waals surface area contributed by atoms with Crippen LogP contribution in [0.25, 0.3) is 0 Å². The molecule has 2 aromatic rings. The van der Waals surface area contributed by atoms with E-state index in [1.807, 2.05) is 18.6 Å². The predicted molar refractivity (Wildman–Crippen MR) is 81.4 cm³/mol. The van der Waals surface area contributed by atoms with Gasteiger partial charge in [-0.15, -0.1) is 0 Å². The zero-order chi connectivity index (χ0) is 15.9. The monoisotopic (exact) mass is 306 g/mol. The van der Waals surface area contributed by atoms with Crippen LogP contribution in [0.1, 0.15) is 29.9 Å². The third kappa shape index (κ3) is 4.39. The van der Waals surface area contributed by atoms with Gasteiger partial charge in [-0.25, -0.2) is 13.1 Å². The van der Waals surface area contributed by atoms with Crippen molar-refractivity contribution in [1.29, 1.82) is 0 Å². The highest BCUT2D eigenvalue weighted by Crippen LogP contribution is 2.14. The molecule has 6 heteroatoms. The molecule has 0 fully saturated rings. The Morgan fingerprint density at radius 3 is 2.24 bits per heavy atom. The molecule has 112 valence electrons. The first-order valence-electron chi connectivity index (χ1n) is 6.54. The molecule has 21 heavy (non-hydrogen) atoms. The Bertz CT molecular complexity index is 698. The van der Waals surface area contributed by atoms with E-state index in [0.29, 0.717) is 5.56 Å². The van der Waals surface area contributed by atoms with Gasteiger partial charge in [-0.1, -0.05) is 38.1 Å². The summed E-state index contributed by atoms with van der Waals surface area (Å²) in [5.74, 6) is -0.746. The lowest BCUT2D eigenvalue weighted by molar-refractivity contribution is 0.0976. The normalized spacial score (nSPS) is 10.2. The van der Waals surface area contributed by atoms with Crippen molar-refractivity contribution < 1.29 is 13.2 Å². The molecule has 2 rings (SSSR count). The van der Waals surface area contributed by atoms with Gasteiger partial charge in [0.2, 0.25) is 0 Å². The number of benzene rings is 1. The minimum Gasteiger partial charge on any atom is -0.266 e. The van der Waals surface area contributed by atoms with Gasteiger partial charge in [0.15, 0.2) is 0 Å². The highest BCUT2D eigenvalue weighted by atomic mass is 32.2. The Balaban J connectivity index is 0.00000106. The van der Waals surface area contributed by atoms with Crippen molar-refractivity contribution in [1.82, 2.24) is 9.71 Å².